The Morgan fingerprint density at radius 1 is 0.919 bits per heavy atom. The Hall–Kier alpha value is -3.31. The normalized spacial score (nSPS) is 12.1. The Morgan fingerprint density at radius 2 is 1.68 bits per heavy atom. The first-order valence-electron chi connectivity index (χ1n) is 13.1. The van der Waals surface area contributed by atoms with Crippen molar-refractivity contribution in [2.24, 2.45) is 0 Å². The second kappa shape index (κ2) is 15.1. The third-order valence-corrected chi connectivity index (χ3v) is 6.16. The van der Waals surface area contributed by atoms with Crippen LogP contribution in [0, 0.1) is 11.6 Å². The lowest BCUT2D eigenvalue weighted by Gasteiger charge is -2.12. The summed E-state index contributed by atoms with van der Waals surface area (Å²) in [5, 5.41) is 0. The molecule has 0 aliphatic heterocycles. The summed E-state index contributed by atoms with van der Waals surface area (Å²) in [6, 6.07) is 14.3. The molecule has 1 heterocycles. The van der Waals surface area contributed by atoms with Crippen molar-refractivity contribution >= 4 is 6.08 Å². The maximum atomic E-state index is 14.9. The van der Waals surface area contributed by atoms with Crippen LogP contribution in [0.3, 0.4) is 0 Å². The van der Waals surface area contributed by atoms with Gasteiger partial charge in [-0.15, -0.1) is 0 Å². The summed E-state index contributed by atoms with van der Waals surface area (Å²) in [7, 11) is 0. The first-order valence-corrected chi connectivity index (χ1v) is 13.1. The fourth-order valence-electron chi connectivity index (χ4n) is 3.99. The number of allylic oxidation sites excluding steroid dienone is 1. The van der Waals surface area contributed by atoms with Crippen molar-refractivity contribution in [3.8, 4) is 28.1 Å². The van der Waals surface area contributed by atoms with E-state index >= 15 is 0 Å². The quantitative estimate of drug-likeness (QED) is 0.152. The third kappa shape index (κ3) is 8.64. The molecule has 0 radical (unpaired) electrons. The average molecular weight is 506 g/mol. The summed E-state index contributed by atoms with van der Waals surface area (Å²) in [6.07, 6.45) is 13.3. The van der Waals surface area contributed by atoms with Gasteiger partial charge in [0.1, 0.15) is 6.61 Å². The zero-order valence-corrected chi connectivity index (χ0v) is 21.9. The van der Waals surface area contributed by atoms with Crippen molar-refractivity contribution in [1.82, 2.24) is 4.98 Å². The highest BCUT2D eigenvalue weighted by Crippen LogP contribution is 2.29. The summed E-state index contributed by atoms with van der Waals surface area (Å²) in [4.78, 5) is 4.28. The summed E-state index contributed by atoms with van der Waals surface area (Å²) in [6.45, 7) is 9.08. The first kappa shape index (κ1) is 28.3. The Morgan fingerprint density at radius 3 is 2.38 bits per heavy atom. The number of halogens is 2. The molecule has 0 bridgehead atoms. The molecule has 0 saturated carbocycles. The minimum atomic E-state index is -0.839. The van der Waals surface area contributed by atoms with Gasteiger partial charge in [0, 0.05) is 35.6 Å². The van der Waals surface area contributed by atoms with Crippen molar-refractivity contribution in [3.05, 3.63) is 90.7 Å². The largest absolute Gasteiger partial charge is 0.473 e. The number of unbranched alkanes of at least 4 members (excludes halogenated alkanes) is 3. The van der Waals surface area contributed by atoms with Gasteiger partial charge in [-0.25, -0.2) is 13.8 Å². The molecule has 1 atom stereocenters. The summed E-state index contributed by atoms with van der Waals surface area (Å²) >= 11 is 0. The van der Waals surface area contributed by atoms with Crippen LogP contribution in [0.1, 0.15) is 57.9 Å². The number of aromatic nitrogens is 1. The van der Waals surface area contributed by atoms with Gasteiger partial charge in [0.25, 0.3) is 0 Å². The van der Waals surface area contributed by atoms with Crippen molar-refractivity contribution in [2.45, 2.75) is 58.5 Å². The number of nitrogens with zero attached hydrogens (tertiary/aromatic N) is 1. The molecule has 1 unspecified atom stereocenters. The number of hydrogen-bond donors (Lipinski definition) is 0. The lowest BCUT2D eigenvalue weighted by Crippen LogP contribution is -2.08. The van der Waals surface area contributed by atoms with Crippen LogP contribution < -0.4 is 4.74 Å². The highest BCUT2D eigenvalue weighted by molar-refractivity contribution is 5.71. The molecule has 5 heteroatoms. The van der Waals surface area contributed by atoms with Crippen LogP contribution in [0.25, 0.3) is 28.3 Å². The minimum absolute atomic E-state index is 0.220. The van der Waals surface area contributed by atoms with Gasteiger partial charge in [-0.2, -0.15) is 0 Å². The topological polar surface area (TPSA) is 31.4 Å². The highest BCUT2D eigenvalue weighted by atomic mass is 19.2. The Labute approximate surface area is 219 Å². The van der Waals surface area contributed by atoms with E-state index in [-0.39, 0.29) is 17.2 Å². The molecule has 0 saturated heterocycles. The lowest BCUT2D eigenvalue weighted by molar-refractivity contribution is 0.0566. The van der Waals surface area contributed by atoms with E-state index in [0.29, 0.717) is 18.1 Å². The third-order valence-electron chi connectivity index (χ3n) is 6.16. The Kier molecular flexibility index (Phi) is 11.5. The zero-order chi connectivity index (χ0) is 26.5. The fraction of sp³-hybridized carbons (Fsp3) is 0.344. The molecule has 0 N–H and O–H groups in total. The molecule has 0 amide bonds. The second-order valence-corrected chi connectivity index (χ2v) is 9.11. The number of ether oxygens (including phenoxy) is 2. The molecule has 3 rings (SSSR count). The summed E-state index contributed by atoms with van der Waals surface area (Å²) in [5.41, 5.74) is 2.94. The maximum absolute atomic E-state index is 14.9. The molecule has 3 aromatic rings. The fourth-order valence-corrected chi connectivity index (χ4v) is 3.99. The van der Waals surface area contributed by atoms with Gasteiger partial charge in [-0.05, 0) is 49.8 Å². The average Bonchev–Trinajstić information content (AvgIpc) is 2.92. The van der Waals surface area contributed by atoms with E-state index in [2.05, 4.69) is 25.4 Å². The molecule has 1 aromatic heterocycles. The first-order chi connectivity index (χ1) is 18.0. The van der Waals surface area contributed by atoms with E-state index < -0.39 is 11.6 Å². The van der Waals surface area contributed by atoms with Crippen LogP contribution in [-0.4, -0.2) is 24.3 Å². The molecule has 0 aliphatic carbocycles. The Balaban J connectivity index is 1.56. The number of benzene rings is 2. The van der Waals surface area contributed by atoms with Crippen LogP contribution in [0.4, 0.5) is 8.78 Å². The molecule has 196 valence electrons. The highest BCUT2D eigenvalue weighted by Gasteiger charge is 2.14. The zero-order valence-electron chi connectivity index (χ0n) is 21.9. The lowest BCUT2D eigenvalue weighted by atomic mass is 9.99. The molecule has 2 aromatic carbocycles. The number of hydrogen-bond acceptors (Lipinski definition) is 3. The van der Waals surface area contributed by atoms with Gasteiger partial charge in [0.2, 0.25) is 5.88 Å². The van der Waals surface area contributed by atoms with E-state index in [1.807, 2.05) is 24.3 Å². The van der Waals surface area contributed by atoms with Crippen molar-refractivity contribution in [1.29, 1.82) is 0 Å². The van der Waals surface area contributed by atoms with E-state index in [1.54, 1.807) is 48.7 Å². The molecule has 0 spiro atoms. The predicted molar refractivity (Wildman–Crippen MR) is 149 cm³/mol. The maximum Gasteiger partial charge on any atom is 0.213 e. The molecule has 0 aliphatic rings. The van der Waals surface area contributed by atoms with Crippen molar-refractivity contribution < 1.29 is 18.3 Å². The van der Waals surface area contributed by atoms with Gasteiger partial charge in [0.15, 0.2) is 11.6 Å². The van der Waals surface area contributed by atoms with E-state index in [1.165, 1.54) is 12.8 Å². The van der Waals surface area contributed by atoms with E-state index in [4.69, 9.17) is 9.47 Å². The summed E-state index contributed by atoms with van der Waals surface area (Å²) < 4.78 is 40.9. The van der Waals surface area contributed by atoms with Crippen LogP contribution in [-0.2, 0) is 4.74 Å². The number of rotatable bonds is 15. The van der Waals surface area contributed by atoms with Crippen LogP contribution in [0.5, 0.6) is 5.88 Å². The summed E-state index contributed by atoms with van der Waals surface area (Å²) in [5.74, 6) is -1.15. The molecule has 3 nitrogen and oxygen atoms in total. The SMILES string of the molecule is C=CCOc1ccc(-c2ccc(-c3ccc(/C=C/CCCC(C)OCCCCC)c(F)c3F)cc2)cn1. The minimum Gasteiger partial charge on any atom is -0.473 e. The smallest absolute Gasteiger partial charge is 0.213 e. The van der Waals surface area contributed by atoms with Gasteiger partial charge in [-0.3, -0.25) is 0 Å². The Bertz CT molecular complexity index is 1140. The number of pyridine rings is 1. The molecule has 0 fully saturated rings. The molecule has 37 heavy (non-hydrogen) atoms. The van der Waals surface area contributed by atoms with Crippen LogP contribution in [0.2, 0.25) is 0 Å². The van der Waals surface area contributed by atoms with Gasteiger partial charge < -0.3 is 9.47 Å². The predicted octanol–water partition coefficient (Wildman–Crippen LogP) is 9.04. The molecular formula is C32H37F2NO2. The van der Waals surface area contributed by atoms with Crippen LogP contribution >= 0.6 is 0 Å². The van der Waals surface area contributed by atoms with Crippen molar-refractivity contribution in [2.75, 3.05) is 13.2 Å². The van der Waals surface area contributed by atoms with Gasteiger partial charge in [-0.1, -0.05) is 81.0 Å². The van der Waals surface area contributed by atoms with E-state index in [9.17, 15) is 8.78 Å². The molecular weight excluding hydrogens is 468 g/mol. The van der Waals surface area contributed by atoms with Gasteiger partial charge >= 0.3 is 0 Å². The monoisotopic (exact) mass is 505 g/mol. The van der Waals surface area contributed by atoms with E-state index in [0.717, 1.165) is 43.4 Å². The van der Waals surface area contributed by atoms with Crippen molar-refractivity contribution in [3.63, 3.8) is 0 Å². The van der Waals surface area contributed by atoms with Gasteiger partial charge in [0.05, 0.1) is 6.10 Å². The van der Waals surface area contributed by atoms with Crippen LogP contribution in [0.15, 0.2) is 73.5 Å². The second-order valence-electron chi connectivity index (χ2n) is 9.11. The standard InChI is InChI=1S/C32H37F2NO2/c1-4-6-10-22-36-24(3)11-8-7-9-12-27-17-19-29(32(34)31(27)33)26-15-13-25(14-16-26)28-18-20-30(35-23-28)37-21-5-2/h5,9,12-20,23-24H,2,4,6-8,10-11,21-22H2,1,3H3/b12-9+.